The Bertz CT molecular complexity index is 528. The number of nitrogens with one attached hydrogen (secondary N) is 1. The van der Waals surface area contributed by atoms with Gasteiger partial charge in [0, 0.05) is 32.0 Å². The topological polar surface area (TPSA) is 114 Å². The third-order valence-electron chi connectivity index (χ3n) is 3.74. The zero-order chi connectivity index (χ0) is 16.1. The van der Waals surface area contributed by atoms with Crippen LogP contribution in [-0.4, -0.2) is 46.6 Å². The van der Waals surface area contributed by atoms with Crippen LogP contribution in [0.1, 0.15) is 44.3 Å². The van der Waals surface area contributed by atoms with E-state index < -0.39 is 6.03 Å². The zero-order valence-corrected chi connectivity index (χ0v) is 13.0. The molecule has 2 heterocycles. The summed E-state index contributed by atoms with van der Waals surface area (Å²) in [5.74, 6) is 1.15. The molecule has 0 spiro atoms. The molecule has 1 fully saturated rings. The van der Waals surface area contributed by atoms with Gasteiger partial charge in [0.1, 0.15) is 0 Å². The number of carbonyl (C=O) groups is 2. The van der Waals surface area contributed by atoms with E-state index in [1.165, 1.54) is 4.90 Å². The maximum atomic E-state index is 12.1. The Balaban J connectivity index is 1.76. The first-order valence-electron chi connectivity index (χ1n) is 7.62. The number of rotatable bonds is 5. The summed E-state index contributed by atoms with van der Waals surface area (Å²) in [6.07, 6.45) is 2.06. The van der Waals surface area contributed by atoms with Gasteiger partial charge in [0.15, 0.2) is 5.82 Å². The Kier molecular flexibility index (Phi) is 5.35. The second-order valence-corrected chi connectivity index (χ2v) is 5.87. The Labute approximate surface area is 129 Å². The highest BCUT2D eigenvalue weighted by molar-refractivity contribution is 5.80. The fourth-order valence-corrected chi connectivity index (χ4v) is 2.43. The summed E-state index contributed by atoms with van der Waals surface area (Å²) < 4.78 is 5.12. The van der Waals surface area contributed by atoms with Crippen LogP contribution in [0.4, 0.5) is 4.79 Å². The Morgan fingerprint density at radius 1 is 1.50 bits per heavy atom. The van der Waals surface area contributed by atoms with Gasteiger partial charge in [-0.15, -0.1) is 0 Å². The van der Waals surface area contributed by atoms with Crippen LogP contribution in [0.15, 0.2) is 4.52 Å². The lowest BCUT2D eigenvalue weighted by molar-refractivity contribution is -0.126. The van der Waals surface area contributed by atoms with Gasteiger partial charge in [-0.1, -0.05) is 19.0 Å². The number of hydrogen-bond donors (Lipinski definition) is 2. The number of piperidine rings is 1. The standard InChI is InChI=1S/C14H23N5O3/c1-9(2)12-17-11(22-18-12)5-6-16-13(20)10-4-3-7-19(8-10)14(15)21/h9-10H,3-8H2,1-2H3,(H2,15,21)(H,16,20)/t10-/m1/s1. The highest BCUT2D eigenvalue weighted by Gasteiger charge is 2.27. The lowest BCUT2D eigenvalue weighted by atomic mass is 9.97. The number of primary amides is 1. The molecule has 2 rings (SSSR count). The molecule has 122 valence electrons. The molecule has 0 radical (unpaired) electrons. The largest absolute Gasteiger partial charge is 0.355 e. The van der Waals surface area contributed by atoms with E-state index in [4.69, 9.17) is 10.3 Å². The van der Waals surface area contributed by atoms with Crippen LogP contribution in [0.3, 0.4) is 0 Å². The molecule has 0 saturated carbocycles. The third-order valence-corrected chi connectivity index (χ3v) is 3.74. The van der Waals surface area contributed by atoms with Crippen molar-refractivity contribution in [1.29, 1.82) is 0 Å². The second kappa shape index (κ2) is 7.24. The number of hydrogen-bond acceptors (Lipinski definition) is 5. The van der Waals surface area contributed by atoms with Crippen LogP contribution < -0.4 is 11.1 Å². The van der Waals surface area contributed by atoms with Crippen molar-refractivity contribution >= 4 is 11.9 Å². The maximum absolute atomic E-state index is 12.1. The molecule has 1 aromatic heterocycles. The zero-order valence-electron chi connectivity index (χ0n) is 13.0. The SMILES string of the molecule is CC(C)c1noc(CCNC(=O)[C@@H]2CCCN(C(N)=O)C2)n1. The van der Waals surface area contributed by atoms with Gasteiger partial charge in [-0.05, 0) is 12.8 Å². The number of likely N-dealkylation sites (tertiary alicyclic amines) is 1. The van der Waals surface area contributed by atoms with Crippen LogP contribution in [0.5, 0.6) is 0 Å². The molecule has 3 N–H and O–H groups in total. The van der Waals surface area contributed by atoms with Crippen molar-refractivity contribution in [3.05, 3.63) is 11.7 Å². The minimum atomic E-state index is -0.468. The summed E-state index contributed by atoms with van der Waals surface area (Å²) >= 11 is 0. The smallest absolute Gasteiger partial charge is 0.314 e. The monoisotopic (exact) mass is 309 g/mol. The summed E-state index contributed by atoms with van der Waals surface area (Å²) in [6, 6.07) is -0.468. The van der Waals surface area contributed by atoms with Crippen molar-refractivity contribution in [2.75, 3.05) is 19.6 Å². The molecule has 1 aromatic rings. The van der Waals surface area contributed by atoms with Crippen molar-refractivity contribution in [3.8, 4) is 0 Å². The molecular weight excluding hydrogens is 286 g/mol. The van der Waals surface area contributed by atoms with Crippen LogP contribution >= 0.6 is 0 Å². The van der Waals surface area contributed by atoms with Gasteiger partial charge < -0.3 is 20.5 Å². The van der Waals surface area contributed by atoms with E-state index in [0.29, 0.717) is 37.8 Å². The average Bonchev–Trinajstić information content (AvgIpc) is 2.96. The highest BCUT2D eigenvalue weighted by atomic mass is 16.5. The minimum Gasteiger partial charge on any atom is -0.355 e. The summed E-state index contributed by atoms with van der Waals surface area (Å²) in [6.45, 7) is 5.43. The number of amides is 3. The predicted molar refractivity (Wildman–Crippen MR) is 79.0 cm³/mol. The normalized spacial score (nSPS) is 18.5. The highest BCUT2D eigenvalue weighted by Crippen LogP contribution is 2.16. The molecule has 0 aromatic carbocycles. The van der Waals surface area contributed by atoms with E-state index in [-0.39, 0.29) is 17.7 Å². The fraction of sp³-hybridized carbons (Fsp3) is 0.714. The fourth-order valence-electron chi connectivity index (χ4n) is 2.43. The van der Waals surface area contributed by atoms with Crippen molar-refractivity contribution in [1.82, 2.24) is 20.4 Å². The summed E-state index contributed by atoms with van der Waals surface area (Å²) in [4.78, 5) is 29.1. The Hall–Kier alpha value is -2.12. The molecule has 1 saturated heterocycles. The molecule has 8 nitrogen and oxygen atoms in total. The number of nitrogens with two attached hydrogens (primary N) is 1. The first-order chi connectivity index (χ1) is 10.5. The molecule has 0 unspecified atom stereocenters. The van der Waals surface area contributed by atoms with Crippen LogP contribution in [-0.2, 0) is 11.2 Å². The lowest BCUT2D eigenvalue weighted by Crippen LogP contribution is -2.47. The van der Waals surface area contributed by atoms with Gasteiger partial charge in [0.05, 0.1) is 5.92 Å². The minimum absolute atomic E-state index is 0.0606. The van der Waals surface area contributed by atoms with E-state index in [0.717, 1.165) is 12.8 Å². The number of nitrogens with zero attached hydrogens (tertiary/aromatic N) is 3. The van der Waals surface area contributed by atoms with Gasteiger partial charge in [-0.2, -0.15) is 4.98 Å². The van der Waals surface area contributed by atoms with E-state index in [1.807, 2.05) is 13.8 Å². The number of carbonyl (C=O) groups excluding carboxylic acids is 2. The molecule has 0 aliphatic carbocycles. The van der Waals surface area contributed by atoms with E-state index in [1.54, 1.807) is 0 Å². The molecule has 22 heavy (non-hydrogen) atoms. The van der Waals surface area contributed by atoms with Gasteiger partial charge in [-0.3, -0.25) is 4.79 Å². The quantitative estimate of drug-likeness (QED) is 0.828. The van der Waals surface area contributed by atoms with Crippen LogP contribution in [0.2, 0.25) is 0 Å². The Morgan fingerprint density at radius 3 is 2.91 bits per heavy atom. The molecule has 0 bridgehead atoms. The summed E-state index contributed by atoms with van der Waals surface area (Å²) in [7, 11) is 0. The van der Waals surface area contributed by atoms with E-state index in [9.17, 15) is 9.59 Å². The third kappa shape index (κ3) is 4.19. The van der Waals surface area contributed by atoms with Gasteiger partial charge in [0.25, 0.3) is 0 Å². The average molecular weight is 309 g/mol. The lowest BCUT2D eigenvalue weighted by Gasteiger charge is -2.30. The van der Waals surface area contributed by atoms with Gasteiger partial charge in [0.2, 0.25) is 11.8 Å². The van der Waals surface area contributed by atoms with E-state index >= 15 is 0 Å². The molecule has 1 aliphatic rings. The summed E-state index contributed by atoms with van der Waals surface area (Å²) in [5.41, 5.74) is 5.26. The van der Waals surface area contributed by atoms with Crippen molar-refractivity contribution < 1.29 is 14.1 Å². The van der Waals surface area contributed by atoms with Gasteiger partial charge >= 0.3 is 6.03 Å². The number of aromatic nitrogens is 2. The van der Waals surface area contributed by atoms with Crippen LogP contribution in [0, 0.1) is 5.92 Å². The predicted octanol–water partition coefficient (Wildman–Crippen LogP) is 0.642. The second-order valence-electron chi connectivity index (χ2n) is 5.87. The first-order valence-corrected chi connectivity index (χ1v) is 7.62. The number of urea groups is 1. The maximum Gasteiger partial charge on any atom is 0.314 e. The molecular formula is C14H23N5O3. The molecule has 3 amide bonds. The van der Waals surface area contributed by atoms with E-state index in [2.05, 4.69) is 15.5 Å². The molecule has 1 aliphatic heterocycles. The summed E-state index contributed by atoms with van der Waals surface area (Å²) in [5, 5.41) is 6.73. The first kappa shape index (κ1) is 16.3. The van der Waals surface area contributed by atoms with Gasteiger partial charge in [-0.25, -0.2) is 4.79 Å². The molecule has 8 heteroatoms. The molecule has 1 atom stereocenters. The van der Waals surface area contributed by atoms with Crippen LogP contribution in [0.25, 0.3) is 0 Å². The van der Waals surface area contributed by atoms with Crippen molar-refractivity contribution in [2.24, 2.45) is 11.7 Å². The van der Waals surface area contributed by atoms with Crippen molar-refractivity contribution in [3.63, 3.8) is 0 Å². The van der Waals surface area contributed by atoms with Crippen molar-refractivity contribution in [2.45, 2.75) is 39.0 Å². The Morgan fingerprint density at radius 2 is 2.27 bits per heavy atom.